The number of aromatic nitrogens is 2. The van der Waals surface area contributed by atoms with E-state index >= 15 is 0 Å². The summed E-state index contributed by atoms with van der Waals surface area (Å²) in [4.78, 5) is 19.3. The summed E-state index contributed by atoms with van der Waals surface area (Å²) >= 11 is 6.11. The van der Waals surface area contributed by atoms with Crippen molar-refractivity contribution in [1.82, 2.24) is 9.97 Å². The molecule has 0 saturated heterocycles. The number of nitro groups is 1. The third kappa shape index (κ3) is 4.96. The van der Waals surface area contributed by atoms with Crippen LogP contribution in [0, 0.1) is 34.7 Å². The number of anilines is 2. The molecule has 8 nitrogen and oxygen atoms in total. The normalized spacial score (nSPS) is 18.9. The van der Waals surface area contributed by atoms with E-state index in [1.165, 1.54) is 0 Å². The first-order valence-corrected chi connectivity index (χ1v) is 10.4. The van der Waals surface area contributed by atoms with Gasteiger partial charge in [-0.3, -0.25) is 10.1 Å². The first-order valence-electron chi connectivity index (χ1n) is 9.98. The fraction of sp³-hybridized carbons (Fsp3) is 0.500. The van der Waals surface area contributed by atoms with Crippen LogP contribution in [0.4, 0.5) is 21.8 Å². The zero-order valence-corrected chi connectivity index (χ0v) is 17.6. The van der Waals surface area contributed by atoms with Crippen molar-refractivity contribution in [2.45, 2.75) is 45.6 Å². The summed E-state index contributed by atoms with van der Waals surface area (Å²) in [6.45, 7) is 2.34. The molecule has 0 amide bonds. The summed E-state index contributed by atoms with van der Waals surface area (Å²) in [6, 6.07) is 3.21. The van der Waals surface area contributed by atoms with Gasteiger partial charge in [-0.2, -0.15) is 4.98 Å². The van der Waals surface area contributed by atoms with Gasteiger partial charge in [-0.15, -0.1) is 0 Å². The minimum Gasteiger partial charge on any atom is -0.378 e. The minimum absolute atomic E-state index is 0.0324. The zero-order chi connectivity index (χ0) is 21.8. The number of benzene rings is 1. The number of nitrogens with zero attached hydrogens (tertiary/aromatic N) is 3. The van der Waals surface area contributed by atoms with E-state index < -0.39 is 10.7 Å². The predicted octanol–water partition coefficient (Wildman–Crippen LogP) is 3.99. The number of nitrogens with one attached hydrogen (secondary N) is 1. The number of aryl methyl sites for hydroxylation is 1. The summed E-state index contributed by atoms with van der Waals surface area (Å²) in [5, 5.41) is 14.7. The summed E-state index contributed by atoms with van der Waals surface area (Å²) in [7, 11) is 0. The van der Waals surface area contributed by atoms with Gasteiger partial charge >= 0.3 is 5.69 Å². The number of halogens is 2. The Bertz CT molecular complexity index is 934. The van der Waals surface area contributed by atoms with Crippen LogP contribution >= 0.6 is 11.6 Å². The lowest BCUT2D eigenvalue weighted by Gasteiger charge is -2.27. The van der Waals surface area contributed by atoms with Gasteiger partial charge in [-0.05, 0) is 69.0 Å². The van der Waals surface area contributed by atoms with Crippen molar-refractivity contribution in [2.75, 3.05) is 17.6 Å². The molecule has 1 heterocycles. The molecule has 1 aliphatic carbocycles. The van der Waals surface area contributed by atoms with Crippen LogP contribution in [0.3, 0.4) is 0 Å². The van der Waals surface area contributed by atoms with Gasteiger partial charge < -0.3 is 16.8 Å². The fourth-order valence-electron chi connectivity index (χ4n) is 3.93. The van der Waals surface area contributed by atoms with Gasteiger partial charge in [0.15, 0.2) is 0 Å². The molecule has 0 aliphatic heterocycles. The van der Waals surface area contributed by atoms with E-state index in [9.17, 15) is 14.5 Å². The second-order valence-electron chi connectivity index (χ2n) is 7.82. The Morgan fingerprint density at radius 2 is 1.93 bits per heavy atom. The maximum atomic E-state index is 14.4. The van der Waals surface area contributed by atoms with Gasteiger partial charge in [0.1, 0.15) is 11.5 Å². The maximum absolute atomic E-state index is 14.4. The monoisotopic (exact) mass is 436 g/mol. The van der Waals surface area contributed by atoms with Gasteiger partial charge in [0.05, 0.1) is 4.92 Å². The van der Waals surface area contributed by atoms with Crippen molar-refractivity contribution >= 4 is 29.1 Å². The molecular formula is C20H26ClFN6O2. The molecule has 0 bridgehead atoms. The van der Waals surface area contributed by atoms with Crippen molar-refractivity contribution in [3.8, 4) is 0 Å². The Hall–Kier alpha value is -2.52. The van der Waals surface area contributed by atoms with Gasteiger partial charge in [-0.25, -0.2) is 9.37 Å². The standard InChI is InChI=1S/C20H26ClFN6O2/c1-11-2-7-15(21)14(17(11)22)10-25-20-26-16(18(28(29)30)19(24)27-20)8-12-3-5-13(9-23)6-4-12/h2,7,12-13H,3-6,8-10,23H2,1H3,(H3,24,25,26,27). The molecule has 3 rings (SSSR count). The first kappa shape index (κ1) is 22.2. The SMILES string of the molecule is Cc1ccc(Cl)c(CNc2nc(N)c([N+](=O)[O-])c(CC3CCC(CN)CC3)n2)c1F. The summed E-state index contributed by atoms with van der Waals surface area (Å²) in [6.07, 6.45) is 4.33. The molecule has 2 aromatic rings. The molecule has 10 heteroatoms. The molecule has 30 heavy (non-hydrogen) atoms. The third-order valence-electron chi connectivity index (χ3n) is 5.75. The number of hydrogen-bond donors (Lipinski definition) is 3. The van der Waals surface area contributed by atoms with Crippen molar-refractivity contribution in [2.24, 2.45) is 17.6 Å². The summed E-state index contributed by atoms with van der Waals surface area (Å²) < 4.78 is 14.4. The van der Waals surface area contributed by atoms with Crippen LogP contribution in [-0.4, -0.2) is 21.4 Å². The van der Waals surface area contributed by atoms with E-state index in [4.69, 9.17) is 23.1 Å². The van der Waals surface area contributed by atoms with Crippen LogP contribution in [0.1, 0.15) is 42.5 Å². The third-order valence-corrected chi connectivity index (χ3v) is 6.10. The minimum atomic E-state index is -0.545. The van der Waals surface area contributed by atoms with Crippen molar-refractivity contribution in [3.05, 3.63) is 49.9 Å². The summed E-state index contributed by atoms with van der Waals surface area (Å²) in [5.74, 6) is 0.275. The highest BCUT2D eigenvalue weighted by molar-refractivity contribution is 6.31. The molecule has 1 saturated carbocycles. The Labute approximate surface area is 179 Å². The van der Waals surface area contributed by atoms with E-state index in [0.29, 0.717) is 30.1 Å². The lowest BCUT2D eigenvalue weighted by Crippen LogP contribution is -2.23. The van der Waals surface area contributed by atoms with E-state index in [1.54, 1.807) is 19.1 Å². The Kier molecular flexibility index (Phi) is 7.04. The highest BCUT2D eigenvalue weighted by atomic mass is 35.5. The Morgan fingerprint density at radius 3 is 2.57 bits per heavy atom. The highest BCUT2D eigenvalue weighted by Gasteiger charge is 2.28. The van der Waals surface area contributed by atoms with Crippen LogP contribution in [0.25, 0.3) is 0 Å². The molecule has 1 aliphatic rings. The van der Waals surface area contributed by atoms with Gasteiger partial charge in [0.25, 0.3) is 0 Å². The Balaban J connectivity index is 1.81. The molecular weight excluding hydrogens is 411 g/mol. The predicted molar refractivity (Wildman–Crippen MR) is 115 cm³/mol. The smallest absolute Gasteiger partial charge is 0.332 e. The highest BCUT2D eigenvalue weighted by Crippen LogP contribution is 2.34. The summed E-state index contributed by atoms with van der Waals surface area (Å²) in [5.41, 5.74) is 12.4. The van der Waals surface area contributed by atoms with Crippen molar-refractivity contribution in [3.63, 3.8) is 0 Å². The zero-order valence-electron chi connectivity index (χ0n) is 16.8. The van der Waals surface area contributed by atoms with Crippen molar-refractivity contribution in [1.29, 1.82) is 0 Å². The quantitative estimate of drug-likeness (QED) is 0.441. The van der Waals surface area contributed by atoms with Crippen LogP contribution in [-0.2, 0) is 13.0 Å². The number of hydrogen-bond acceptors (Lipinski definition) is 7. The maximum Gasteiger partial charge on any atom is 0.332 e. The van der Waals surface area contributed by atoms with Gasteiger partial charge in [0, 0.05) is 17.1 Å². The van der Waals surface area contributed by atoms with E-state index in [-0.39, 0.29) is 40.5 Å². The van der Waals surface area contributed by atoms with E-state index in [0.717, 1.165) is 25.7 Å². The molecule has 0 atom stereocenters. The molecule has 162 valence electrons. The molecule has 0 radical (unpaired) electrons. The molecule has 1 aromatic carbocycles. The molecule has 1 fully saturated rings. The number of nitrogens with two attached hydrogens (primary N) is 2. The Morgan fingerprint density at radius 1 is 1.27 bits per heavy atom. The van der Waals surface area contributed by atoms with Crippen LogP contribution < -0.4 is 16.8 Å². The lowest BCUT2D eigenvalue weighted by atomic mass is 9.80. The average molecular weight is 437 g/mol. The topological polar surface area (TPSA) is 133 Å². The average Bonchev–Trinajstić information content (AvgIpc) is 2.71. The van der Waals surface area contributed by atoms with Crippen LogP contribution in [0.15, 0.2) is 12.1 Å². The van der Waals surface area contributed by atoms with E-state index in [2.05, 4.69) is 15.3 Å². The van der Waals surface area contributed by atoms with Gasteiger partial charge in [-0.1, -0.05) is 17.7 Å². The molecule has 0 spiro atoms. The largest absolute Gasteiger partial charge is 0.378 e. The number of rotatable bonds is 7. The second-order valence-corrected chi connectivity index (χ2v) is 8.23. The molecule has 0 unspecified atom stereocenters. The van der Waals surface area contributed by atoms with Crippen LogP contribution in [0.5, 0.6) is 0 Å². The van der Waals surface area contributed by atoms with Gasteiger partial charge in [0.2, 0.25) is 11.8 Å². The lowest BCUT2D eigenvalue weighted by molar-refractivity contribution is -0.385. The van der Waals surface area contributed by atoms with Crippen molar-refractivity contribution < 1.29 is 9.31 Å². The van der Waals surface area contributed by atoms with E-state index in [1.807, 2.05) is 0 Å². The molecule has 5 N–H and O–H groups in total. The van der Waals surface area contributed by atoms with Crippen LogP contribution in [0.2, 0.25) is 5.02 Å². The number of nitrogen functional groups attached to an aromatic ring is 1. The fourth-order valence-corrected chi connectivity index (χ4v) is 4.14. The molecule has 1 aromatic heterocycles. The first-order chi connectivity index (χ1) is 14.3. The second kappa shape index (κ2) is 9.53.